The molecule has 0 aliphatic carbocycles. The summed E-state index contributed by atoms with van der Waals surface area (Å²) in [5, 5.41) is 0.238. The summed E-state index contributed by atoms with van der Waals surface area (Å²) in [6, 6.07) is 13.2. The lowest BCUT2D eigenvalue weighted by molar-refractivity contribution is 0.0974. The van der Waals surface area contributed by atoms with Crippen LogP contribution >= 0.6 is 35.0 Å². The van der Waals surface area contributed by atoms with E-state index in [1.165, 1.54) is 48.2 Å². The Morgan fingerprint density at radius 1 is 0.944 bits per heavy atom. The number of carbonyl (C=O) groups is 1. The third kappa shape index (κ3) is 6.99. The fourth-order valence-electron chi connectivity index (χ4n) is 3.10. The summed E-state index contributed by atoms with van der Waals surface area (Å²) >= 11 is 13.1. The predicted molar refractivity (Wildman–Crippen MR) is 142 cm³/mol. The molecule has 0 aliphatic rings. The molecule has 0 unspecified atom stereocenters. The number of carbonyl (C=O) groups excluding carboxylic acids is 1. The van der Waals surface area contributed by atoms with E-state index in [0.29, 0.717) is 16.2 Å². The summed E-state index contributed by atoms with van der Waals surface area (Å²) < 4.78 is 54.8. The maximum Gasteiger partial charge on any atom is 0.264 e. The van der Waals surface area contributed by atoms with Crippen LogP contribution in [-0.2, 0) is 20.0 Å². The Balaban J connectivity index is 1.92. The van der Waals surface area contributed by atoms with E-state index in [9.17, 15) is 21.6 Å². The summed E-state index contributed by atoms with van der Waals surface area (Å²) in [6.07, 6.45) is 0.803. The van der Waals surface area contributed by atoms with Gasteiger partial charge in [0.15, 0.2) is 5.78 Å². The number of hydrogen-bond donors (Lipinski definition) is 2. The molecule has 0 saturated heterocycles. The number of anilines is 1. The van der Waals surface area contributed by atoms with Gasteiger partial charge in [-0.3, -0.25) is 9.52 Å². The van der Waals surface area contributed by atoms with Gasteiger partial charge in [0, 0.05) is 27.8 Å². The largest absolute Gasteiger partial charge is 0.292 e. The molecule has 13 heteroatoms. The molecule has 0 aliphatic heterocycles. The maximum absolute atomic E-state index is 12.9. The fourth-order valence-corrected chi connectivity index (χ4v) is 6.84. The first-order chi connectivity index (χ1) is 17.0. The van der Waals surface area contributed by atoms with Crippen molar-refractivity contribution < 1.29 is 21.6 Å². The van der Waals surface area contributed by atoms with Crippen molar-refractivity contribution in [3.63, 3.8) is 0 Å². The highest BCUT2D eigenvalue weighted by molar-refractivity contribution is 7.99. The summed E-state index contributed by atoms with van der Waals surface area (Å²) in [6.45, 7) is 3.81. The highest BCUT2D eigenvalue weighted by Gasteiger charge is 2.21. The Morgan fingerprint density at radius 3 is 2.25 bits per heavy atom. The molecule has 1 heterocycles. The Labute approximate surface area is 224 Å². The van der Waals surface area contributed by atoms with E-state index in [-0.39, 0.29) is 50.1 Å². The molecule has 1 aromatic heterocycles. The van der Waals surface area contributed by atoms with Crippen molar-refractivity contribution in [3.8, 4) is 0 Å². The molecule has 3 aromatic rings. The van der Waals surface area contributed by atoms with Crippen LogP contribution in [0.4, 0.5) is 5.82 Å². The van der Waals surface area contributed by atoms with Gasteiger partial charge in [0.1, 0.15) is 16.4 Å². The maximum atomic E-state index is 12.9. The summed E-state index contributed by atoms with van der Waals surface area (Å²) in [5.74, 6) is -0.297. The number of benzene rings is 2. The van der Waals surface area contributed by atoms with Crippen LogP contribution in [-0.4, -0.2) is 34.1 Å². The molecule has 8 nitrogen and oxygen atoms in total. The number of Topliss-reactive ketones (excluding diaryl/α,β-unsaturated/α-hetero) is 1. The van der Waals surface area contributed by atoms with Crippen LogP contribution < -0.4 is 9.44 Å². The van der Waals surface area contributed by atoms with Gasteiger partial charge in [-0.2, -0.15) is 0 Å². The second-order valence-corrected chi connectivity index (χ2v) is 12.8. The monoisotopic (exact) mass is 587 g/mol. The zero-order valence-corrected chi connectivity index (χ0v) is 23.2. The van der Waals surface area contributed by atoms with Gasteiger partial charge < -0.3 is 0 Å². The van der Waals surface area contributed by atoms with Gasteiger partial charge in [-0.15, -0.1) is 0 Å². The second-order valence-electron chi connectivity index (χ2n) is 7.47. The fraction of sp³-hybridized carbons (Fsp3) is 0.217. The third-order valence-electron chi connectivity index (χ3n) is 4.72. The molecule has 0 fully saturated rings. The second kappa shape index (κ2) is 11.9. The van der Waals surface area contributed by atoms with E-state index in [2.05, 4.69) is 14.4 Å². The average molecular weight is 589 g/mol. The van der Waals surface area contributed by atoms with Gasteiger partial charge in [0.05, 0.1) is 9.92 Å². The van der Waals surface area contributed by atoms with Gasteiger partial charge in [-0.25, -0.2) is 26.5 Å². The van der Waals surface area contributed by atoms with Gasteiger partial charge in [-0.05, 0) is 61.0 Å². The van der Waals surface area contributed by atoms with Crippen molar-refractivity contribution in [2.24, 2.45) is 0 Å². The number of halogens is 2. The Hall–Kier alpha value is -2.15. The molecule has 0 saturated carbocycles. The lowest BCUT2D eigenvalue weighted by Crippen LogP contribution is -2.22. The van der Waals surface area contributed by atoms with Crippen molar-refractivity contribution in [1.29, 1.82) is 0 Å². The van der Waals surface area contributed by atoms with E-state index >= 15 is 0 Å². The normalized spacial score (nSPS) is 11.9. The quantitative estimate of drug-likeness (QED) is 0.279. The van der Waals surface area contributed by atoms with Crippen molar-refractivity contribution >= 4 is 66.6 Å². The van der Waals surface area contributed by atoms with Crippen LogP contribution in [0.15, 0.2) is 74.2 Å². The molecule has 0 bridgehead atoms. The number of rotatable bonds is 11. The lowest BCUT2D eigenvalue weighted by atomic mass is 10.1. The average Bonchev–Trinajstić information content (AvgIpc) is 2.80. The Morgan fingerprint density at radius 2 is 1.64 bits per heavy atom. The van der Waals surface area contributed by atoms with Gasteiger partial charge in [-0.1, -0.05) is 48.8 Å². The van der Waals surface area contributed by atoms with Gasteiger partial charge >= 0.3 is 0 Å². The van der Waals surface area contributed by atoms with Crippen LogP contribution in [0, 0.1) is 0 Å². The van der Waals surface area contributed by atoms with Crippen LogP contribution in [0.3, 0.4) is 0 Å². The van der Waals surface area contributed by atoms with E-state index in [4.69, 9.17) is 23.2 Å². The van der Waals surface area contributed by atoms with E-state index < -0.39 is 20.0 Å². The standard InChI is InChI=1S/C23H23Cl2N3O5S3/c1-3-5-19(29)23-20(34-16-7-9-17(10-8-16)35(30,31)26-4-2)11-13-22(27-23)28-36(32,33)21-12-6-15(24)14-18(21)25/h6-14,26H,3-5H2,1-2H3,(H,27,28). The zero-order chi connectivity index (χ0) is 26.5. The van der Waals surface area contributed by atoms with Crippen LogP contribution in [0.5, 0.6) is 0 Å². The summed E-state index contributed by atoms with van der Waals surface area (Å²) in [5.41, 5.74) is 0.105. The smallest absolute Gasteiger partial charge is 0.264 e. The third-order valence-corrected chi connectivity index (χ3v) is 9.41. The number of ketones is 1. The molecule has 2 aromatic carbocycles. The highest BCUT2D eigenvalue weighted by atomic mass is 35.5. The molecule has 3 rings (SSSR count). The van der Waals surface area contributed by atoms with Crippen LogP contribution in [0.2, 0.25) is 10.0 Å². The molecule has 0 atom stereocenters. The number of sulfonamides is 2. The molecular weight excluding hydrogens is 565 g/mol. The van der Waals surface area contributed by atoms with E-state index in [1.807, 2.05) is 6.92 Å². The van der Waals surface area contributed by atoms with Crippen LogP contribution in [0.1, 0.15) is 37.2 Å². The number of nitrogens with one attached hydrogen (secondary N) is 2. The number of nitrogens with zero attached hydrogens (tertiary/aromatic N) is 1. The lowest BCUT2D eigenvalue weighted by Gasteiger charge is -2.13. The summed E-state index contributed by atoms with van der Waals surface area (Å²) in [7, 11) is -7.68. The SMILES string of the molecule is CCCC(=O)c1nc(NS(=O)(=O)c2ccc(Cl)cc2Cl)ccc1Sc1ccc(S(=O)(=O)NCC)cc1. The minimum atomic E-state index is -4.09. The Kier molecular flexibility index (Phi) is 9.42. The first kappa shape index (κ1) is 28.4. The molecule has 0 spiro atoms. The molecule has 2 N–H and O–H groups in total. The number of aromatic nitrogens is 1. The molecule has 0 radical (unpaired) electrons. The van der Waals surface area contributed by atoms with Crippen molar-refractivity contribution in [1.82, 2.24) is 9.71 Å². The van der Waals surface area contributed by atoms with Crippen molar-refractivity contribution in [2.45, 2.75) is 46.3 Å². The minimum Gasteiger partial charge on any atom is -0.292 e. The van der Waals surface area contributed by atoms with Gasteiger partial charge in [0.2, 0.25) is 10.0 Å². The van der Waals surface area contributed by atoms with E-state index in [1.54, 1.807) is 25.1 Å². The first-order valence-corrected chi connectivity index (χ1v) is 15.3. The first-order valence-electron chi connectivity index (χ1n) is 10.8. The topological polar surface area (TPSA) is 122 Å². The molecular formula is C23H23Cl2N3O5S3. The Bertz CT molecular complexity index is 1480. The number of pyridine rings is 1. The number of hydrogen-bond acceptors (Lipinski definition) is 7. The molecule has 192 valence electrons. The zero-order valence-electron chi connectivity index (χ0n) is 19.3. The van der Waals surface area contributed by atoms with Crippen molar-refractivity contribution in [2.75, 3.05) is 11.3 Å². The minimum absolute atomic E-state index is 0.0445. The highest BCUT2D eigenvalue weighted by Crippen LogP contribution is 2.33. The van der Waals surface area contributed by atoms with E-state index in [0.717, 1.165) is 0 Å². The van der Waals surface area contributed by atoms with Crippen LogP contribution in [0.25, 0.3) is 0 Å². The molecule has 0 amide bonds. The van der Waals surface area contributed by atoms with Crippen molar-refractivity contribution in [3.05, 3.63) is 70.3 Å². The van der Waals surface area contributed by atoms with Gasteiger partial charge in [0.25, 0.3) is 10.0 Å². The molecule has 36 heavy (non-hydrogen) atoms. The summed E-state index contributed by atoms with van der Waals surface area (Å²) in [4.78, 5) is 18.2. The predicted octanol–water partition coefficient (Wildman–Crippen LogP) is 5.62.